The molecule has 0 aliphatic carbocycles. The molecule has 0 spiro atoms. The van der Waals surface area contributed by atoms with Crippen molar-refractivity contribution in [2.45, 2.75) is 0 Å². The van der Waals surface area contributed by atoms with E-state index in [2.05, 4.69) is 26.1 Å². The van der Waals surface area contributed by atoms with Gasteiger partial charge in [-0.05, 0) is 34.1 Å². The van der Waals surface area contributed by atoms with Crippen LogP contribution in [0.4, 0.5) is 0 Å². The Labute approximate surface area is 110 Å². The molecule has 2 rings (SSSR count). The number of phenolic OH excluding ortho intramolecular Hbond substituents is 1. The summed E-state index contributed by atoms with van der Waals surface area (Å²) >= 11 is 3.28. The van der Waals surface area contributed by atoms with Gasteiger partial charge in [0.05, 0.1) is 18.4 Å². The van der Waals surface area contributed by atoms with E-state index >= 15 is 0 Å². The zero-order valence-corrected chi connectivity index (χ0v) is 10.9. The number of phenols is 1. The highest BCUT2D eigenvalue weighted by atomic mass is 79.9. The minimum atomic E-state index is -1.12. The normalized spacial score (nSPS) is 10.3. The number of aromatic carboxylic acids is 1. The van der Waals surface area contributed by atoms with Crippen molar-refractivity contribution in [3.05, 3.63) is 28.4 Å². The first-order valence-corrected chi connectivity index (χ1v) is 5.68. The van der Waals surface area contributed by atoms with Crippen LogP contribution in [0.1, 0.15) is 10.5 Å². The summed E-state index contributed by atoms with van der Waals surface area (Å²) in [5, 5.41) is 25.1. The standard InChI is InChI=1S/C11H9BrN2O4/c1-18-8-3-2-5(12)9(10(8)15)6-4-7(11(16)17)14-13-6/h2-4,15H,1H3,(H,13,14)(H,16,17). The van der Waals surface area contributed by atoms with Gasteiger partial charge in [0.25, 0.3) is 0 Å². The molecule has 0 unspecified atom stereocenters. The number of aromatic hydroxyl groups is 1. The summed E-state index contributed by atoms with van der Waals surface area (Å²) in [6, 6.07) is 4.61. The second kappa shape index (κ2) is 4.69. The third kappa shape index (κ3) is 2.04. The Morgan fingerprint density at radius 2 is 2.22 bits per heavy atom. The Bertz CT molecular complexity index is 609. The molecule has 0 amide bonds. The molecule has 94 valence electrons. The van der Waals surface area contributed by atoms with Gasteiger partial charge in [-0.25, -0.2) is 4.79 Å². The Hall–Kier alpha value is -2.02. The molecule has 1 aromatic heterocycles. The maximum absolute atomic E-state index is 10.8. The van der Waals surface area contributed by atoms with Crippen LogP contribution in [0, 0.1) is 0 Å². The SMILES string of the molecule is COc1ccc(Br)c(-c2cc(C(=O)O)[nH]n2)c1O. The van der Waals surface area contributed by atoms with Crippen LogP contribution in [-0.2, 0) is 0 Å². The van der Waals surface area contributed by atoms with Crippen molar-refractivity contribution >= 4 is 21.9 Å². The van der Waals surface area contributed by atoms with Gasteiger partial charge >= 0.3 is 5.97 Å². The molecule has 7 heteroatoms. The van der Waals surface area contributed by atoms with Gasteiger partial charge in [0.1, 0.15) is 5.69 Å². The summed E-state index contributed by atoms with van der Waals surface area (Å²) in [6.45, 7) is 0. The molecule has 0 saturated carbocycles. The van der Waals surface area contributed by atoms with Gasteiger partial charge in [-0.2, -0.15) is 5.10 Å². The number of halogens is 1. The van der Waals surface area contributed by atoms with Gasteiger partial charge in [0, 0.05) is 4.47 Å². The number of aromatic nitrogens is 2. The fraction of sp³-hybridized carbons (Fsp3) is 0.0909. The number of benzene rings is 1. The number of rotatable bonds is 3. The lowest BCUT2D eigenvalue weighted by Gasteiger charge is -2.08. The molecule has 6 nitrogen and oxygen atoms in total. The lowest BCUT2D eigenvalue weighted by atomic mass is 10.1. The van der Waals surface area contributed by atoms with E-state index in [1.165, 1.54) is 13.2 Å². The number of carboxylic acids is 1. The van der Waals surface area contributed by atoms with Crippen molar-refractivity contribution in [1.29, 1.82) is 0 Å². The minimum absolute atomic E-state index is 0.0564. The molecule has 2 aromatic rings. The van der Waals surface area contributed by atoms with E-state index in [0.717, 1.165) is 0 Å². The number of nitrogens with zero attached hydrogens (tertiary/aromatic N) is 1. The van der Waals surface area contributed by atoms with E-state index in [4.69, 9.17) is 9.84 Å². The molecule has 0 aliphatic heterocycles. The fourth-order valence-electron chi connectivity index (χ4n) is 1.52. The summed E-state index contributed by atoms with van der Waals surface area (Å²) in [7, 11) is 1.43. The van der Waals surface area contributed by atoms with Crippen LogP contribution in [0.2, 0.25) is 0 Å². The van der Waals surface area contributed by atoms with E-state index in [1.807, 2.05) is 0 Å². The molecule has 3 N–H and O–H groups in total. The first-order valence-electron chi connectivity index (χ1n) is 4.89. The molecule has 0 saturated heterocycles. The van der Waals surface area contributed by atoms with Gasteiger partial charge in [0.15, 0.2) is 11.5 Å². The zero-order valence-electron chi connectivity index (χ0n) is 9.27. The number of hydrogen-bond acceptors (Lipinski definition) is 4. The third-order valence-corrected chi connectivity index (χ3v) is 3.04. The topological polar surface area (TPSA) is 95.4 Å². The lowest BCUT2D eigenvalue weighted by Crippen LogP contribution is -1.95. The van der Waals surface area contributed by atoms with Gasteiger partial charge < -0.3 is 14.9 Å². The van der Waals surface area contributed by atoms with Crippen molar-refractivity contribution < 1.29 is 19.7 Å². The number of methoxy groups -OCH3 is 1. The van der Waals surface area contributed by atoms with Crippen molar-refractivity contribution in [1.82, 2.24) is 10.2 Å². The zero-order chi connectivity index (χ0) is 13.3. The monoisotopic (exact) mass is 312 g/mol. The first-order chi connectivity index (χ1) is 8.54. The van der Waals surface area contributed by atoms with E-state index in [1.54, 1.807) is 12.1 Å². The molecular formula is C11H9BrN2O4. The van der Waals surface area contributed by atoms with Gasteiger partial charge in [0.2, 0.25) is 0 Å². The largest absolute Gasteiger partial charge is 0.504 e. The summed E-state index contributed by atoms with van der Waals surface area (Å²) in [4.78, 5) is 10.8. The van der Waals surface area contributed by atoms with Crippen LogP contribution in [-0.4, -0.2) is 33.5 Å². The molecule has 1 heterocycles. The second-order valence-corrected chi connectivity index (χ2v) is 4.30. The summed E-state index contributed by atoms with van der Waals surface area (Å²) in [6.07, 6.45) is 0. The van der Waals surface area contributed by atoms with E-state index < -0.39 is 5.97 Å². The molecule has 1 aromatic carbocycles. The summed E-state index contributed by atoms with van der Waals surface area (Å²) < 4.78 is 5.58. The second-order valence-electron chi connectivity index (χ2n) is 3.45. The number of carboxylic acid groups (broad SMARTS) is 1. The number of ether oxygens (including phenoxy) is 1. The number of hydrogen-bond donors (Lipinski definition) is 3. The average Bonchev–Trinajstić information content (AvgIpc) is 2.79. The summed E-state index contributed by atoms with van der Waals surface area (Å²) in [5.74, 6) is -0.935. The van der Waals surface area contributed by atoms with Crippen molar-refractivity contribution in [3.63, 3.8) is 0 Å². The summed E-state index contributed by atoms with van der Waals surface area (Å²) in [5.41, 5.74) is 0.632. The van der Waals surface area contributed by atoms with Crippen LogP contribution in [0.3, 0.4) is 0 Å². The van der Waals surface area contributed by atoms with Gasteiger partial charge in [-0.15, -0.1) is 0 Å². The number of aromatic amines is 1. The van der Waals surface area contributed by atoms with Crippen molar-refractivity contribution in [2.24, 2.45) is 0 Å². The number of carbonyl (C=O) groups is 1. The molecular weight excluding hydrogens is 304 g/mol. The quantitative estimate of drug-likeness (QED) is 0.808. The molecule has 0 bridgehead atoms. The van der Waals surface area contributed by atoms with Crippen LogP contribution >= 0.6 is 15.9 Å². The van der Waals surface area contributed by atoms with Crippen molar-refractivity contribution in [2.75, 3.05) is 7.11 Å². The Balaban J connectivity index is 2.58. The predicted octanol–water partition coefficient (Wildman–Crippen LogP) is 2.25. The smallest absolute Gasteiger partial charge is 0.353 e. The van der Waals surface area contributed by atoms with E-state index in [-0.39, 0.29) is 17.2 Å². The molecule has 18 heavy (non-hydrogen) atoms. The highest BCUT2D eigenvalue weighted by Gasteiger charge is 2.18. The molecule has 0 aliphatic rings. The fourth-order valence-corrected chi connectivity index (χ4v) is 2.04. The van der Waals surface area contributed by atoms with E-state index in [9.17, 15) is 9.90 Å². The number of H-pyrrole nitrogens is 1. The Morgan fingerprint density at radius 1 is 1.50 bits per heavy atom. The number of nitrogens with one attached hydrogen (secondary N) is 1. The van der Waals surface area contributed by atoms with E-state index in [0.29, 0.717) is 15.7 Å². The van der Waals surface area contributed by atoms with Crippen molar-refractivity contribution in [3.8, 4) is 22.8 Å². The minimum Gasteiger partial charge on any atom is -0.504 e. The lowest BCUT2D eigenvalue weighted by molar-refractivity contribution is 0.0690. The Morgan fingerprint density at radius 3 is 2.78 bits per heavy atom. The molecule has 0 atom stereocenters. The van der Waals surface area contributed by atoms with Gasteiger partial charge in [-0.1, -0.05) is 0 Å². The average molecular weight is 313 g/mol. The molecule has 0 radical (unpaired) electrons. The maximum atomic E-state index is 10.8. The van der Waals surface area contributed by atoms with Crippen LogP contribution < -0.4 is 4.74 Å². The molecule has 0 fully saturated rings. The first kappa shape index (κ1) is 12.4. The van der Waals surface area contributed by atoms with Crippen LogP contribution in [0.5, 0.6) is 11.5 Å². The highest BCUT2D eigenvalue weighted by Crippen LogP contribution is 2.41. The third-order valence-electron chi connectivity index (χ3n) is 2.37. The van der Waals surface area contributed by atoms with Crippen LogP contribution in [0.25, 0.3) is 11.3 Å². The maximum Gasteiger partial charge on any atom is 0.353 e. The Kier molecular flexibility index (Phi) is 3.24. The predicted molar refractivity (Wildman–Crippen MR) is 66.9 cm³/mol. The van der Waals surface area contributed by atoms with Crippen LogP contribution in [0.15, 0.2) is 22.7 Å². The van der Waals surface area contributed by atoms with Gasteiger partial charge in [-0.3, -0.25) is 5.10 Å². The highest BCUT2D eigenvalue weighted by molar-refractivity contribution is 9.10.